The van der Waals surface area contributed by atoms with Crippen LogP contribution in [0.3, 0.4) is 0 Å². The SMILES string of the molecule is C=[O+]C(=O)C1CCCN1C. The second-order valence-corrected chi connectivity index (χ2v) is 2.60. The lowest BCUT2D eigenvalue weighted by Crippen LogP contribution is -2.32. The Bertz CT molecular complexity index is 156. The van der Waals surface area contributed by atoms with Crippen LogP contribution in [0, 0.1) is 0 Å². The van der Waals surface area contributed by atoms with E-state index in [4.69, 9.17) is 0 Å². The number of rotatable bonds is 1. The predicted molar refractivity (Wildman–Crippen MR) is 37.8 cm³/mol. The van der Waals surface area contributed by atoms with Gasteiger partial charge >= 0.3 is 5.97 Å². The number of nitrogens with zero attached hydrogens (tertiary/aromatic N) is 1. The highest BCUT2D eigenvalue weighted by Crippen LogP contribution is 2.14. The lowest BCUT2D eigenvalue weighted by Gasteiger charge is -2.08. The van der Waals surface area contributed by atoms with Gasteiger partial charge in [-0.05, 0) is 26.4 Å². The number of carbonyl (C=O) groups is 1. The molecule has 0 amide bonds. The fourth-order valence-corrected chi connectivity index (χ4v) is 1.30. The average Bonchev–Trinajstić information content (AvgIpc) is 2.34. The van der Waals surface area contributed by atoms with E-state index in [0.717, 1.165) is 19.4 Å². The Morgan fingerprint density at radius 1 is 1.80 bits per heavy atom. The summed E-state index contributed by atoms with van der Waals surface area (Å²) in [5, 5.41) is 0. The number of likely N-dealkylation sites (N-methyl/N-ethyl adjacent to an activating group) is 1. The summed E-state index contributed by atoms with van der Waals surface area (Å²) < 4.78 is 4.37. The van der Waals surface area contributed by atoms with E-state index >= 15 is 0 Å². The molecule has 0 aromatic carbocycles. The predicted octanol–water partition coefficient (Wildman–Crippen LogP) is -0.0284. The van der Waals surface area contributed by atoms with Crippen molar-refractivity contribution in [3.63, 3.8) is 0 Å². The standard InChI is InChI=1S/C7H12NO2/c1-8-5-3-4-6(8)7(9)10-2/h6H,2-5H2,1H3/q+1. The molecular weight excluding hydrogens is 130 g/mol. The molecule has 1 atom stereocenters. The third-order valence-electron chi connectivity index (χ3n) is 1.93. The highest BCUT2D eigenvalue weighted by atomic mass is 16.4. The van der Waals surface area contributed by atoms with Crippen molar-refractivity contribution in [1.29, 1.82) is 0 Å². The van der Waals surface area contributed by atoms with Gasteiger partial charge in [-0.1, -0.05) is 0 Å². The maximum absolute atomic E-state index is 10.9. The molecule has 1 fully saturated rings. The zero-order valence-corrected chi connectivity index (χ0v) is 6.17. The normalized spacial score (nSPS) is 26.7. The second-order valence-electron chi connectivity index (χ2n) is 2.60. The summed E-state index contributed by atoms with van der Waals surface area (Å²) in [4.78, 5) is 12.9. The zero-order chi connectivity index (χ0) is 7.56. The first-order chi connectivity index (χ1) is 4.75. The summed E-state index contributed by atoms with van der Waals surface area (Å²) in [5.41, 5.74) is 0. The van der Waals surface area contributed by atoms with Gasteiger partial charge in [0.05, 0.1) is 4.79 Å². The van der Waals surface area contributed by atoms with Crippen LogP contribution in [0.5, 0.6) is 0 Å². The molecule has 56 valence electrons. The van der Waals surface area contributed by atoms with E-state index in [2.05, 4.69) is 11.2 Å². The summed E-state index contributed by atoms with van der Waals surface area (Å²) in [6, 6.07) is -0.0440. The molecule has 3 heteroatoms. The van der Waals surface area contributed by atoms with Gasteiger partial charge in [-0.25, -0.2) is 0 Å². The molecule has 1 aliphatic heterocycles. The average molecular weight is 142 g/mol. The van der Waals surface area contributed by atoms with Crippen molar-refractivity contribution in [2.45, 2.75) is 18.9 Å². The summed E-state index contributed by atoms with van der Waals surface area (Å²) >= 11 is 0. The number of carbonyl (C=O) groups excluding carboxylic acids is 2. The smallest absolute Gasteiger partial charge is 0.288 e. The van der Waals surface area contributed by atoms with Crippen molar-refractivity contribution in [2.75, 3.05) is 13.6 Å². The van der Waals surface area contributed by atoms with Gasteiger partial charge in [0, 0.05) is 0 Å². The Morgan fingerprint density at radius 3 is 2.90 bits per heavy atom. The molecule has 1 aliphatic rings. The lowest BCUT2D eigenvalue weighted by molar-refractivity contribution is -0.372. The molecule has 3 nitrogen and oxygen atoms in total. The first kappa shape index (κ1) is 7.41. The minimum atomic E-state index is -0.208. The molecule has 1 unspecified atom stereocenters. The molecule has 0 aromatic heterocycles. The molecule has 0 aromatic rings. The van der Waals surface area contributed by atoms with Crippen molar-refractivity contribution < 1.29 is 9.22 Å². The zero-order valence-electron chi connectivity index (χ0n) is 6.17. The van der Waals surface area contributed by atoms with Gasteiger partial charge in [0.25, 0.3) is 0 Å². The van der Waals surface area contributed by atoms with Gasteiger partial charge in [-0.15, -0.1) is 0 Å². The monoisotopic (exact) mass is 142 g/mol. The largest absolute Gasteiger partial charge is 0.596 e. The van der Waals surface area contributed by atoms with Crippen LogP contribution >= 0.6 is 0 Å². The molecule has 0 saturated carbocycles. The molecule has 1 saturated heterocycles. The summed E-state index contributed by atoms with van der Waals surface area (Å²) in [5.74, 6) is -0.208. The van der Waals surface area contributed by atoms with Crippen molar-refractivity contribution in [3.05, 3.63) is 0 Å². The minimum Gasteiger partial charge on any atom is -0.288 e. The highest BCUT2D eigenvalue weighted by Gasteiger charge is 2.35. The fourth-order valence-electron chi connectivity index (χ4n) is 1.30. The van der Waals surface area contributed by atoms with Crippen LogP contribution in [-0.4, -0.2) is 37.3 Å². The van der Waals surface area contributed by atoms with Gasteiger partial charge in [0.2, 0.25) is 0 Å². The van der Waals surface area contributed by atoms with Crippen LogP contribution in [-0.2, 0) is 9.22 Å². The van der Waals surface area contributed by atoms with E-state index in [0.29, 0.717) is 0 Å². The molecule has 0 N–H and O–H groups in total. The van der Waals surface area contributed by atoms with Gasteiger partial charge in [0.15, 0.2) is 12.8 Å². The van der Waals surface area contributed by atoms with E-state index in [9.17, 15) is 4.79 Å². The Morgan fingerprint density at radius 2 is 2.50 bits per heavy atom. The Balaban J connectivity index is 2.54. The first-order valence-electron chi connectivity index (χ1n) is 3.42. The molecule has 0 bridgehead atoms. The minimum absolute atomic E-state index is 0.0440. The van der Waals surface area contributed by atoms with Gasteiger partial charge < -0.3 is 0 Å². The highest BCUT2D eigenvalue weighted by molar-refractivity contribution is 5.73. The molecular formula is C7H12NO2+. The maximum atomic E-state index is 10.9. The molecule has 0 spiro atoms. The van der Waals surface area contributed by atoms with Crippen molar-refractivity contribution >= 4 is 12.8 Å². The maximum Gasteiger partial charge on any atom is 0.596 e. The summed E-state index contributed by atoms with van der Waals surface area (Å²) in [7, 11) is 1.93. The van der Waals surface area contributed by atoms with E-state index in [-0.39, 0.29) is 12.0 Å². The van der Waals surface area contributed by atoms with E-state index in [1.807, 2.05) is 11.9 Å². The molecule has 1 rings (SSSR count). The summed E-state index contributed by atoms with van der Waals surface area (Å²) in [6.45, 7) is 4.07. The van der Waals surface area contributed by atoms with Crippen LogP contribution in [0.25, 0.3) is 0 Å². The Hall–Kier alpha value is -0.700. The van der Waals surface area contributed by atoms with Crippen molar-refractivity contribution in [1.82, 2.24) is 4.90 Å². The lowest BCUT2D eigenvalue weighted by atomic mass is 10.2. The first-order valence-corrected chi connectivity index (χ1v) is 3.42. The summed E-state index contributed by atoms with van der Waals surface area (Å²) in [6.07, 6.45) is 1.99. The van der Waals surface area contributed by atoms with Gasteiger partial charge in [-0.3, -0.25) is 9.32 Å². The Kier molecular flexibility index (Phi) is 2.17. The number of likely N-dealkylation sites (tertiary alicyclic amines) is 1. The van der Waals surface area contributed by atoms with E-state index < -0.39 is 0 Å². The topological polar surface area (TPSA) is 31.6 Å². The molecule has 0 radical (unpaired) electrons. The molecule has 10 heavy (non-hydrogen) atoms. The van der Waals surface area contributed by atoms with Gasteiger partial charge in [0.1, 0.15) is 0 Å². The van der Waals surface area contributed by atoms with Crippen LogP contribution in [0.2, 0.25) is 0 Å². The van der Waals surface area contributed by atoms with E-state index in [1.165, 1.54) is 0 Å². The second kappa shape index (κ2) is 2.92. The van der Waals surface area contributed by atoms with Crippen LogP contribution in [0.4, 0.5) is 0 Å². The number of hydrogen-bond acceptors (Lipinski definition) is 2. The fraction of sp³-hybridized carbons (Fsp3) is 0.714. The Labute approximate surface area is 60.3 Å². The van der Waals surface area contributed by atoms with Gasteiger partial charge in [-0.2, -0.15) is 0 Å². The van der Waals surface area contributed by atoms with Crippen LogP contribution in [0.15, 0.2) is 0 Å². The van der Waals surface area contributed by atoms with E-state index in [1.54, 1.807) is 0 Å². The van der Waals surface area contributed by atoms with Crippen LogP contribution in [0.1, 0.15) is 12.8 Å². The molecule has 0 aliphatic carbocycles. The quantitative estimate of drug-likeness (QED) is 0.481. The van der Waals surface area contributed by atoms with Crippen LogP contribution < -0.4 is 0 Å². The third kappa shape index (κ3) is 1.24. The van der Waals surface area contributed by atoms with Crippen molar-refractivity contribution in [2.24, 2.45) is 0 Å². The number of hydrogen-bond donors (Lipinski definition) is 0. The molecule has 1 heterocycles. The third-order valence-corrected chi connectivity index (χ3v) is 1.93. The van der Waals surface area contributed by atoms with Crippen molar-refractivity contribution in [3.8, 4) is 0 Å².